The fourth-order valence-electron chi connectivity index (χ4n) is 10.4. The second-order valence-corrected chi connectivity index (χ2v) is 26.7. The number of hydrogen-bond donors (Lipinski definition) is 0. The third kappa shape index (κ3) is 67.1. The van der Waals surface area contributed by atoms with Crippen molar-refractivity contribution in [3.8, 4) is 0 Å². The van der Waals surface area contributed by atoms with Crippen LogP contribution in [0.4, 0.5) is 0 Å². The van der Waals surface area contributed by atoms with Gasteiger partial charge < -0.3 is 27.9 Å². The van der Waals surface area contributed by atoms with E-state index in [-0.39, 0.29) is 32.0 Å². The Morgan fingerprint density at radius 1 is 0.378 bits per heavy atom. The maximum atomic E-state index is 12.8. The van der Waals surface area contributed by atoms with Gasteiger partial charge in [0.15, 0.2) is 6.10 Å². The molecule has 9 nitrogen and oxygen atoms in total. The molecule has 0 aromatic rings. The van der Waals surface area contributed by atoms with Crippen LogP contribution in [0.2, 0.25) is 0 Å². The van der Waals surface area contributed by atoms with E-state index in [0.29, 0.717) is 17.4 Å². The monoisotopic (exact) mass is 1170 g/mol. The molecular weight excluding hydrogens is 1040 g/mol. The zero-order valence-corrected chi connectivity index (χ0v) is 55.8. The summed E-state index contributed by atoms with van der Waals surface area (Å²) in [5, 5.41) is 0. The first-order chi connectivity index (χ1) is 40.0. The number of phosphoric ester groups is 1. The summed E-state index contributed by atoms with van der Waals surface area (Å²) in [5.41, 5.74) is 0. The van der Waals surface area contributed by atoms with Crippen LogP contribution >= 0.6 is 7.82 Å². The van der Waals surface area contributed by atoms with Crippen molar-refractivity contribution < 1.29 is 42.1 Å². The number of unbranched alkanes of at least 4 members (excludes halogenated alkanes) is 44. The van der Waals surface area contributed by atoms with Crippen LogP contribution in [-0.2, 0) is 32.7 Å². The summed E-state index contributed by atoms with van der Waals surface area (Å²) in [7, 11) is 1.17. The van der Waals surface area contributed by atoms with E-state index in [4.69, 9.17) is 18.5 Å². The van der Waals surface area contributed by atoms with E-state index in [2.05, 4.69) is 62.5 Å². The quantitative estimate of drug-likeness (QED) is 0.0195. The highest BCUT2D eigenvalue weighted by Gasteiger charge is 2.22. The van der Waals surface area contributed by atoms with Crippen molar-refractivity contribution in [2.75, 3.05) is 47.5 Å². The van der Waals surface area contributed by atoms with Gasteiger partial charge in [-0.25, -0.2) is 0 Å². The van der Waals surface area contributed by atoms with Gasteiger partial charge in [0.2, 0.25) is 0 Å². The smallest absolute Gasteiger partial charge is 0.306 e. The molecule has 0 aromatic carbocycles. The lowest BCUT2D eigenvalue weighted by Crippen LogP contribution is -2.37. The normalized spacial score (nSPS) is 13.4. The second-order valence-electron chi connectivity index (χ2n) is 25.2. The molecule has 0 heterocycles. The third-order valence-electron chi connectivity index (χ3n) is 15.8. The molecule has 0 saturated carbocycles. The van der Waals surface area contributed by atoms with Gasteiger partial charge >= 0.3 is 11.9 Å². The number of carbonyl (C=O) groups excluding carboxylic acids is 2. The van der Waals surface area contributed by atoms with Crippen LogP contribution in [0.1, 0.15) is 348 Å². The SMILES string of the molecule is CCCCCCC/C=C\C/C=C\C/C=C\CCCCCCCCCCC(=O)OC(COC(=O)CCCCCCCCCCCCCCCCCCCCCCCCC/C=C\CCCCCCCCCC)COP(=O)([O-])OCC[N+](C)(C)C. The van der Waals surface area contributed by atoms with Crippen molar-refractivity contribution in [1.29, 1.82) is 0 Å². The van der Waals surface area contributed by atoms with Crippen LogP contribution < -0.4 is 4.89 Å². The van der Waals surface area contributed by atoms with E-state index in [9.17, 15) is 19.0 Å². The van der Waals surface area contributed by atoms with Gasteiger partial charge in [0.1, 0.15) is 19.8 Å². The first-order valence-electron chi connectivity index (χ1n) is 35.3. The minimum atomic E-state index is -4.64. The number of ether oxygens (including phenoxy) is 2. The number of nitrogens with zero attached hydrogens (tertiary/aromatic N) is 1. The molecule has 0 aliphatic heterocycles. The highest BCUT2D eigenvalue weighted by Crippen LogP contribution is 2.38. The first-order valence-corrected chi connectivity index (χ1v) is 36.8. The van der Waals surface area contributed by atoms with Crippen molar-refractivity contribution in [2.45, 2.75) is 354 Å². The van der Waals surface area contributed by atoms with Gasteiger partial charge in [0, 0.05) is 12.8 Å². The van der Waals surface area contributed by atoms with Gasteiger partial charge in [0.25, 0.3) is 7.82 Å². The standard InChI is InChI=1S/C72H136NO8P/c1-6-8-10-12-14-16-18-20-22-24-26-28-30-31-32-33-34-35-36-37-38-39-40-41-43-44-46-48-50-52-54-56-58-60-62-64-71(74)78-68-70(69-80-82(76,77)79-67-66-73(3,4)5)81-72(75)65-63-61-59-57-55-53-51-49-47-45-42-29-27-25-23-21-19-17-15-13-11-9-7-2/h19,21,24-27,42,45,70H,6-18,20,22-23,28-41,43-44,46-69H2,1-5H3/b21-19-,26-24-,27-25-,45-42-. The van der Waals surface area contributed by atoms with Crippen LogP contribution in [0.25, 0.3) is 0 Å². The van der Waals surface area contributed by atoms with E-state index in [1.54, 1.807) is 0 Å². The molecule has 82 heavy (non-hydrogen) atoms. The molecule has 2 atom stereocenters. The molecule has 0 N–H and O–H groups in total. The van der Waals surface area contributed by atoms with E-state index < -0.39 is 26.5 Å². The molecule has 0 rings (SSSR count). The molecule has 0 aliphatic carbocycles. The average Bonchev–Trinajstić information content (AvgIpc) is 3.46. The largest absolute Gasteiger partial charge is 0.756 e. The topological polar surface area (TPSA) is 111 Å². The maximum absolute atomic E-state index is 12.8. The lowest BCUT2D eigenvalue weighted by Gasteiger charge is -2.28. The fraction of sp³-hybridized carbons (Fsp3) is 0.861. The fourth-order valence-corrected chi connectivity index (χ4v) is 11.1. The van der Waals surface area contributed by atoms with E-state index >= 15 is 0 Å². The third-order valence-corrected chi connectivity index (χ3v) is 16.8. The summed E-state index contributed by atoms with van der Waals surface area (Å²) < 4.78 is 34.3. The minimum absolute atomic E-state index is 0.0317. The summed E-state index contributed by atoms with van der Waals surface area (Å²) in [6, 6.07) is 0. The zero-order valence-electron chi connectivity index (χ0n) is 55.0. The summed E-state index contributed by atoms with van der Waals surface area (Å²) in [5.74, 6) is -0.826. The Labute approximate surface area is 509 Å². The number of rotatable bonds is 66. The molecule has 0 aromatic heterocycles. The van der Waals surface area contributed by atoms with Crippen LogP contribution in [0.15, 0.2) is 48.6 Å². The lowest BCUT2D eigenvalue weighted by molar-refractivity contribution is -0.870. The number of hydrogen-bond acceptors (Lipinski definition) is 8. The summed E-state index contributed by atoms with van der Waals surface area (Å²) in [4.78, 5) is 38.0. The van der Waals surface area contributed by atoms with Crippen LogP contribution in [0.5, 0.6) is 0 Å². The molecule has 0 fully saturated rings. The number of carbonyl (C=O) groups is 2. The first kappa shape index (κ1) is 80.0. The molecule has 0 aliphatic rings. The maximum Gasteiger partial charge on any atom is 0.306 e. The van der Waals surface area contributed by atoms with Gasteiger partial charge in [-0.1, -0.05) is 306 Å². The zero-order chi connectivity index (χ0) is 59.8. The summed E-state index contributed by atoms with van der Waals surface area (Å²) >= 11 is 0. The van der Waals surface area contributed by atoms with Gasteiger partial charge in [-0.3, -0.25) is 14.2 Å². The van der Waals surface area contributed by atoms with Crippen molar-refractivity contribution in [2.24, 2.45) is 0 Å². The lowest BCUT2D eigenvalue weighted by atomic mass is 10.0. The summed E-state index contributed by atoms with van der Waals surface area (Å²) in [6.45, 7) is 4.27. The molecule has 0 bridgehead atoms. The Morgan fingerprint density at radius 2 is 0.659 bits per heavy atom. The number of allylic oxidation sites excluding steroid dienone is 8. The van der Waals surface area contributed by atoms with Crippen LogP contribution in [0.3, 0.4) is 0 Å². The predicted octanol–water partition coefficient (Wildman–Crippen LogP) is 22.2. The van der Waals surface area contributed by atoms with Crippen molar-refractivity contribution in [3.05, 3.63) is 48.6 Å². The average molecular weight is 1170 g/mol. The Bertz CT molecular complexity index is 1520. The molecule has 2 unspecified atom stereocenters. The molecule has 0 spiro atoms. The van der Waals surface area contributed by atoms with Crippen molar-refractivity contribution in [3.63, 3.8) is 0 Å². The molecular formula is C72H136NO8P. The summed E-state index contributed by atoms with van der Waals surface area (Å²) in [6.07, 6.45) is 82.0. The molecule has 0 amide bonds. The second kappa shape index (κ2) is 63.5. The van der Waals surface area contributed by atoms with Gasteiger partial charge in [-0.05, 0) is 77.0 Å². The van der Waals surface area contributed by atoms with E-state index in [1.807, 2.05) is 21.1 Å². The number of likely N-dealkylation sites (N-methyl/N-ethyl adjacent to an activating group) is 1. The van der Waals surface area contributed by atoms with Gasteiger partial charge in [-0.2, -0.15) is 0 Å². The predicted molar refractivity (Wildman–Crippen MR) is 351 cm³/mol. The van der Waals surface area contributed by atoms with Gasteiger partial charge in [-0.15, -0.1) is 0 Å². The number of esters is 2. The molecule has 0 radical (unpaired) electrons. The van der Waals surface area contributed by atoms with Gasteiger partial charge in [0.05, 0.1) is 27.7 Å². The molecule has 482 valence electrons. The van der Waals surface area contributed by atoms with Crippen LogP contribution in [-0.4, -0.2) is 70.0 Å². The number of phosphoric acid groups is 1. The highest BCUT2D eigenvalue weighted by atomic mass is 31.2. The number of quaternary nitrogens is 1. The van der Waals surface area contributed by atoms with E-state index in [1.165, 1.54) is 257 Å². The minimum Gasteiger partial charge on any atom is -0.756 e. The highest BCUT2D eigenvalue weighted by molar-refractivity contribution is 7.45. The molecule has 0 saturated heterocycles. The van der Waals surface area contributed by atoms with E-state index in [0.717, 1.165) is 57.8 Å². The Morgan fingerprint density at radius 3 is 0.988 bits per heavy atom. The van der Waals surface area contributed by atoms with Crippen molar-refractivity contribution in [1.82, 2.24) is 0 Å². The van der Waals surface area contributed by atoms with Crippen LogP contribution in [0, 0.1) is 0 Å². The Hall–Kier alpha value is -2.03. The molecule has 10 heteroatoms. The Balaban J connectivity index is 3.98. The van der Waals surface area contributed by atoms with Crippen molar-refractivity contribution >= 4 is 19.8 Å². The Kier molecular flexibility index (Phi) is 61.9.